The molecule has 7 nitrogen and oxygen atoms in total. The molecule has 0 bridgehead atoms. The minimum absolute atomic E-state index is 0.0440. The molecule has 0 atom stereocenters. The number of anilines is 1. The molecule has 1 aromatic rings. The van der Waals surface area contributed by atoms with Crippen molar-refractivity contribution in [3.63, 3.8) is 0 Å². The molecule has 1 aromatic carbocycles. The van der Waals surface area contributed by atoms with E-state index in [1.807, 2.05) is 0 Å². The van der Waals surface area contributed by atoms with Gasteiger partial charge < -0.3 is 15.2 Å². The lowest BCUT2D eigenvalue weighted by Crippen LogP contribution is -2.26. The summed E-state index contributed by atoms with van der Waals surface area (Å²) in [4.78, 5) is 11.2. The summed E-state index contributed by atoms with van der Waals surface area (Å²) in [6.45, 7) is 1.37. The van der Waals surface area contributed by atoms with Gasteiger partial charge in [0.1, 0.15) is 4.90 Å². The molecule has 0 spiro atoms. The molecule has 0 saturated heterocycles. The molecule has 1 aliphatic rings. The zero-order valence-electron chi connectivity index (χ0n) is 15.7. The van der Waals surface area contributed by atoms with Gasteiger partial charge in [0.25, 0.3) is 0 Å². The minimum Gasteiger partial charge on any atom is -0.478 e. The van der Waals surface area contributed by atoms with Gasteiger partial charge in [-0.2, -0.15) is 0 Å². The van der Waals surface area contributed by atoms with Gasteiger partial charge in [0.05, 0.1) is 11.3 Å². The van der Waals surface area contributed by atoms with Crippen LogP contribution < -0.4 is 10.0 Å². The van der Waals surface area contributed by atoms with E-state index in [1.54, 1.807) is 7.11 Å². The number of carbonyl (C=O) groups is 1. The van der Waals surface area contributed by atoms with Gasteiger partial charge >= 0.3 is 5.97 Å². The largest absolute Gasteiger partial charge is 0.478 e. The molecule has 8 heteroatoms. The number of hydrogen-bond acceptors (Lipinski definition) is 5. The first-order chi connectivity index (χ1) is 12.9. The molecule has 1 aliphatic carbocycles. The molecule has 0 saturated carbocycles. The number of ether oxygens (including phenoxy) is 1. The summed E-state index contributed by atoms with van der Waals surface area (Å²) in [5.41, 5.74) is 1.61. The first-order valence-corrected chi connectivity index (χ1v) is 10.7. The maximum atomic E-state index is 12.8. The Kier molecular flexibility index (Phi) is 8.27. The number of sulfonamides is 1. The van der Waals surface area contributed by atoms with E-state index in [0.29, 0.717) is 38.2 Å². The van der Waals surface area contributed by atoms with Crippen molar-refractivity contribution in [3.8, 4) is 0 Å². The number of carboxylic acids is 1. The second-order valence-electron chi connectivity index (χ2n) is 6.55. The third-order valence-electron chi connectivity index (χ3n) is 4.48. The van der Waals surface area contributed by atoms with Gasteiger partial charge in [-0.3, -0.25) is 0 Å². The summed E-state index contributed by atoms with van der Waals surface area (Å²) >= 11 is 0. The van der Waals surface area contributed by atoms with E-state index in [-0.39, 0.29) is 10.5 Å². The second-order valence-corrected chi connectivity index (χ2v) is 8.28. The van der Waals surface area contributed by atoms with E-state index in [2.05, 4.69) is 16.1 Å². The normalized spacial score (nSPS) is 14.6. The van der Waals surface area contributed by atoms with Gasteiger partial charge in [0.15, 0.2) is 0 Å². The molecular formula is C19H28N2O5S. The summed E-state index contributed by atoms with van der Waals surface area (Å²) in [6, 6.07) is 4.09. The number of benzene rings is 1. The first kappa shape index (κ1) is 21.4. The van der Waals surface area contributed by atoms with Crippen LogP contribution in [0.4, 0.5) is 5.69 Å². The van der Waals surface area contributed by atoms with Crippen molar-refractivity contribution in [1.29, 1.82) is 0 Å². The Morgan fingerprint density at radius 1 is 1.26 bits per heavy atom. The maximum absolute atomic E-state index is 12.8. The maximum Gasteiger partial charge on any atom is 0.335 e. The fourth-order valence-electron chi connectivity index (χ4n) is 3.02. The SMILES string of the molecule is COCCCNc1ccc(C(=O)O)cc1S(=O)(=O)NCCC1=CCCCC1. The van der Waals surface area contributed by atoms with Gasteiger partial charge in [-0.1, -0.05) is 11.6 Å². The number of rotatable bonds is 11. The highest BCUT2D eigenvalue weighted by atomic mass is 32.2. The van der Waals surface area contributed by atoms with Crippen LogP contribution in [0.15, 0.2) is 34.7 Å². The smallest absolute Gasteiger partial charge is 0.335 e. The standard InChI is InChI=1S/C19H28N2O5S/c1-26-13-5-11-20-17-9-8-16(19(22)23)14-18(17)27(24,25)21-12-10-15-6-3-2-4-7-15/h6,8-9,14,20-21H,2-5,7,10-13H2,1H3,(H,22,23). The fraction of sp³-hybridized carbons (Fsp3) is 0.526. The number of nitrogens with one attached hydrogen (secondary N) is 2. The van der Waals surface area contributed by atoms with Crippen LogP contribution in [0.25, 0.3) is 0 Å². The Labute approximate surface area is 160 Å². The van der Waals surface area contributed by atoms with Crippen molar-refractivity contribution in [2.24, 2.45) is 0 Å². The number of hydrogen-bond donors (Lipinski definition) is 3. The minimum atomic E-state index is -3.82. The predicted octanol–water partition coefficient (Wildman–Crippen LogP) is 3.00. The quantitative estimate of drug-likeness (QED) is 0.392. The molecule has 0 amide bonds. The number of carboxylic acid groups (broad SMARTS) is 1. The van der Waals surface area contributed by atoms with Crippen molar-refractivity contribution in [3.05, 3.63) is 35.4 Å². The topological polar surface area (TPSA) is 105 Å². The summed E-state index contributed by atoms with van der Waals surface area (Å²) in [7, 11) is -2.22. The van der Waals surface area contributed by atoms with Gasteiger partial charge in [0.2, 0.25) is 10.0 Å². The van der Waals surface area contributed by atoms with Crippen molar-refractivity contribution in [2.75, 3.05) is 32.1 Å². The Hall–Kier alpha value is -1.90. The second kappa shape index (κ2) is 10.4. The predicted molar refractivity (Wildman–Crippen MR) is 105 cm³/mol. The van der Waals surface area contributed by atoms with Crippen LogP contribution in [-0.4, -0.2) is 46.3 Å². The van der Waals surface area contributed by atoms with Crippen LogP contribution in [0, 0.1) is 0 Å². The highest BCUT2D eigenvalue weighted by Crippen LogP contribution is 2.24. The molecule has 150 valence electrons. The van der Waals surface area contributed by atoms with Crippen molar-refractivity contribution in [1.82, 2.24) is 4.72 Å². The zero-order chi connectivity index (χ0) is 19.7. The molecule has 0 fully saturated rings. The first-order valence-electron chi connectivity index (χ1n) is 9.22. The van der Waals surface area contributed by atoms with E-state index in [4.69, 9.17) is 4.74 Å². The third kappa shape index (κ3) is 6.64. The average molecular weight is 397 g/mol. The van der Waals surface area contributed by atoms with Crippen molar-refractivity contribution >= 4 is 21.7 Å². The van der Waals surface area contributed by atoms with Crippen molar-refractivity contribution < 1.29 is 23.1 Å². The Morgan fingerprint density at radius 2 is 2.07 bits per heavy atom. The number of aromatic carboxylic acids is 1. The number of allylic oxidation sites excluding steroid dienone is 1. The third-order valence-corrected chi connectivity index (χ3v) is 5.98. The van der Waals surface area contributed by atoms with Gasteiger partial charge in [-0.05, 0) is 56.7 Å². The average Bonchev–Trinajstić information content (AvgIpc) is 2.66. The molecule has 0 unspecified atom stereocenters. The lowest BCUT2D eigenvalue weighted by molar-refractivity contribution is 0.0696. The molecule has 0 radical (unpaired) electrons. The molecule has 27 heavy (non-hydrogen) atoms. The summed E-state index contributed by atoms with van der Waals surface area (Å²) < 4.78 is 33.1. The molecule has 0 aliphatic heterocycles. The molecular weight excluding hydrogens is 368 g/mol. The van der Waals surface area contributed by atoms with E-state index in [1.165, 1.54) is 30.2 Å². The van der Waals surface area contributed by atoms with Crippen LogP contribution in [0.3, 0.4) is 0 Å². The Balaban J connectivity index is 2.11. The van der Waals surface area contributed by atoms with E-state index in [9.17, 15) is 18.3 Å². The highest BCUT2D eigenvalue weighted by Gasteiger charge is 2.20. The van der Waals surface area contributed by atoms with Gasteiger partial charge in [-0.25, -0.2) is 17.9 Å². The molecule has 0 aromatic heterocycles. The lowest BCUT2D eigenvalue weighted by atomic mass is 9.97. The Bertz CT molecular complexity index is 774. The fourth-order valence-corrected chi connectivity index (χ4v) is 4.26. The van der Waals surface area contributed by atoms with Crippen LogP contribution in [0.5, 0.6) is 0 Å². The zero-order valence-corrected chi connectivity index (χ0v) is 16.5. The Morgan fingerprint density at radius 3 is 2.74 bits per heavy atom. The summed E-state index contributed by atoms with van der Waals surface area (Å²) in [5.74, 6) is -1.16. The van der Waals surface area contributed by atoms with Crippen molar-refractivity contribution in [2.45, 2.75) is 43.4 Å². The van der Waals surface area contributed by atoms with Crippen LogP contribution in [0.2, 0.25) is 0 Å². The monoisotopic (exact) mass is 396 g/mol. The van der Waals surface area contributed by atoms with E-state index < -0.39 is 16.0 Å². The van der Waals surface area contributed by atoms with Crippen LogP contribution in [-0.2, 0) is 14.8 Å². The summed E-state index contributed by atoms with van der Waals surface area (Å²) in [5, 5.41) is 12.3. The van der Waals surface area contributed by atoms with Crippen LogP contribution in [0.1, 0.15) is 48.9 Å². The highest BCUT2D eigenvalue weighted by molar-refractivity contribution is 7.89. The summed E-state index contributed by atoms with van der Waals surface area (Å²) in [6.07, 6.45) is 7.98. The lowest BCUT2D eigenvalue weighted by Gasteiger charge is -2.16. The van der Waals surface area contributed by atoms with Gasteiger partial charge in [0, 0.05) is 26.8 Å². The number of methoxy groups -OCH3 is 1. The molecule has 2 rings (SSSR count). The van der Waals surface area contributed by atoms with Gasteiger partial charge in [-0.15, -0.1) is 0 Å². The van der Waals surface area contributed by atoms with E-state index >= 15 is 0 Å². The van der Waals surface area contributed by atoms with E-state index in [0.717, 1.165) is 19.3 Å². The van der Waals surface area contributed by atoms with Crippen LogP contribution >= 0.6 is 0 Å². The molecule has 0 heterocycles. The molecule has 3 N–H and O–H groups in total.